The SMILES string of the molecule is CCc1ccc(N=Nc2c(C(=O)O)cc(OC)c(OC)c2OC)cc1. The zero-order chi connectivity index (χ0) is 18.4. The number of hydrogen-bond acceptors (Lipinski definition) is 6. The molecule has 7 nitrogen and oxygen atoms in total. The first-order valence-corrected chi connectivity index (χ1v) is 7.62. The summed E-state index contributed by atoms with van der Waals surface area (Å²) in [5, 5.41) is 17.7. The summed E-state index contributed by atoms with van der Waals surface area (Å²) in [6.07, 6.45) is 0.921. The molecule has 2 rings (SSSR count). The number of carboxylic acid groups (broad SMARTS) is 1. The van der Waals surface area contributed by atoms with Crippen molar-refractivity contribution in [3.8, 4) is 17.2 Å². The molecule has 0 atom stereocenters. The first kappa shape index (κ1) is 18.3. The van der Waals surface area contributed by atoms with Gasteiger partial charge in [-0.05, 0) is 24.1 Å². The van der Waals surface area contributed by atoms with E-state index in [4.69, 9.17) is 14.2 Å². The molecule has 2 aromatic carbocycles. The Bertz CT molecular complexity index is 785. The Morgan fingerprint density at radius 1 is 1.00 bits per heavy atom. The maximum Gasteiger partial charge on any atom is 0.338 e. The fourth-order valence-electron chi connectivity index (χ4n) is 2.31. The number of rotatable bonds is 7. The van der Waals surface area contributed by atoms with E-state index in [-0.39, 0.29) is 28.5 Å². The molecule has 0 saturated carbocycles. The molecule has 0 aliphatic heterocycles. The predicted molar refractivity (Wildman–Crippen MR) is 93.1 cm³/mol. The second kappa shape index (κ2) is 8.14. The minimum atomic E-state index is -1.17. The number of ether oxygens (including phenoxy) is 3. The third kappa shape index (κ3) is 3.88. The van der Waals surface area contributed by atoms with Crippen LogP contribution >= 0.6 is 0 Å². The summed E-state index contributed by atoms with van der Waals surface area (Å²) >= 11 is 0. The molecule has 0 fully saturated rings. The summed E-state index contributed by atoms with van der Waals surface area (Å²) in [5.41, 5.74) is 1.75. The summed E-state index contributed by atoms with van der Waals surface area (Å²) in [7, 11) is 4.25. The number of carbonyl (C=O) groups is 1. The van der Waals surface area contributed by atoms with Crippen LogP contribution in [0.15, 0.2) is 40.6 Å². The molecule has 0 saturated heterocycles. The monoisotopic (exact) mass is 344 g/mol. The zero-order valence-corrected chi connectivity index (χ0v) is 14.6. The highest BCUT2D eigenvalue weighted by Gasteiger charge is 2.24. The van der Waals surface area contributed by atoms with Gasteiger partial charge in [0.1, 0.15) is 5.69 Å². The van der Waals surface area contributed by atoms with Crippen molar-refractivity contribution in [2.24, 2.45) is 10.2 Å². The Hall–Kier alpha value is -3.09. The number of methoxy groups -OCH3 is 3. The van der Waals surface area contributed by atoms with Gasteiger partial charge in [0, 0.05) is 6.07 Å². The molecule has 0 unspecified atom stereocenters. The standard InChI is InChI=1S/C18H20N2O5/c1-5-11-6-8-12(9-7-11)19-20-15-13(18(21)22)10-14(23-2)16(24-3)17(15)25-4/h6-10H,5H2,1-4H3,(H,21,22). The summed E-state index contributed by atoms with van der Waals surface area (Å²) in [5.74, 6) is -0.531. The zero-order valence-electron chi connectivity index (χ0n) is 14.6. The lowest BCUT2D eigenvalue weighted by molar-refractivity contribution is 0.0697. The molecule has 0 spiro atoms. The number of azo groups is 1. The molecule has 7 heteroatoms. The Labute approximate surface area is 145 Å². The summed E-state index contributed by atoms with van der Waals surface area (Å²) in [4.78, 5) is 11.6. The van der Waals surface area contributed by atoms with E-state index in [1.165, 1.54) is 33.0 Å². The molecule has 0 bridgehead atoms. The second-order valence-corrected chi connectivity index (χ2v) is 5.07. The number of aryl methyl sites for hydroxylation is 1. The van der Waals surface area contributed by atoms with Crippen LogP contribution in [0.1, 0.15) is 22.8 Å². The number of aromatic carboxylic acids is 1. The molecule has 0 heterocycles. The molecular weight excluding hydrogens is 324 g/mol. The van der Waals surface area contributed by atoms with Crippen LogP contribution in [0.3, 0.4) is 0 Å². The van der Waals surface area contributed by atoms with E-state index in [9.17, 15) is 9.90 Å². The molecule has 0 aliphatic carbocycles. The van der Waals surface area contributed by atoms with Crippen molar-refractivity contribution in [3.05, 3.63) is 41.5 Å². The molecular formula is C18H20N2O5. The van der Waals surface area contributed by atoms with E-state index in [0.29, 0.717) is 5.69 Å². The smallest absolute Gasteiger partial charge is 0.338 e. The number of hydrogen-bond donors (Lipinski definition) is 1. The van der Waals surface area contributed by atoms with Crippen molar-refractivity contribution in [1.82, 2.24) is 0 Å². The lowest BCUT2D eigenvalue weighted by atomic mass is 10.1. The third-order valence-electron chi connectivity index (χ3n) is 3.64. The van der Waals surface area contributed by atoms with E-state index in [2.05, 4.69) is 17.2 Å². The molecule has 0 aromatic heterocycles. The average Bonchev–Trinajstić information content (AvgIpc) is 2.64. The van der Waals surface area contributed by atoms with E-state index in [1.807, 2.05) is 24.3 Å². The molecule has 0 amide bonds. The van der Waals surface area contributed by atoms with Crippen LogP contribution in [0.25, 0.3) is 0 Å². The van der Waals surface area contributed by atoms with Gasteiger partial charge in [-0.25, -0.2) is 4.79 Å². The van der Waals surface area contributed by atoms with Gasteiger partial charge in [-0.3, -0.25) is 0 Å². The van der Waals surface area contributed by atoms with Gasteiger partial charge in [0.2, 0.25) is 5.75 Å². The Morgan fingerprint density at radius 3 is 2.12 bits per heavy atom. The average molecular weight is 344 g/mol. The first-order valence-electron chi connectivity index (χ1n) is 7.62. The van der Waals surface area contributed by atoms with Crippen molar-refractivity contribution >= 4 is 17.3 Å². The third-order valence-corrected chi connectivity index (χ3v) is 3.64. The highest BCUT2D eigenvalue weighted by molar-refractivity contribution is 5.97. The Kier molecular flexibility index (Phi) is 5.94. The van der Waals surface area contributed by atoms with Crippen LogP contribution in [0.4, 0.5) is 11.4 Å². The van der Waals surface area contributed by atoms with Gasteiger partial charge in [0.15, 0.2) is 11.5 Å². The maximum atomic E-state index is 11.6. The first-order chi connectivity index (χ1) is 12.0. The van der Waals surface area contributed by atoms with Crippen molar-refractivity contribution < 1.29 is 24.1 Å². The van der Waals surface area contributed by atoms with Gasteiger partial charge in [-0.2, -0.15) is 5.11 Å². The van der Waals surface area contributed by atoms with E-state index < -0.39 is 5.97 Å². The van der Waals surface area contributed by atoms with Crippen LogP contribution in [0, 0.1) is 0 Å². The number of benzene rings is 2. The minimum Gasteiger partial charge on any atom is -0.493 e. The predicted octanol–water partition coefficient (Wildman–Crippen LogP) is 4.39. The van der Waals surface area contributed by atoms with Crippen molar-refractivity contribution in [3.63, 3.8) is 0 Å². The van der Waals surface area contributed by atoms with Crippen molar-refractivity contribution in [1.29, 1.82) is 0 Å². The molecule has 0 aliphatic rings. The van der Waals surface area contributed by atoms with E-state index in [1.54, 1.807) is 0 Å². The number of carboxylic acids is 1. The van der Waals surface area contributed by atoms with Crippen LogP contribution in [-0.2, 0) is 6.42 Å². The largest absolute Gasteiger partial charge is 0.493 e. The normalized spacial score (nSPS) is 10.7. The number of nitrogens with zero attached hydrogens (tertiary/aromatic N) is 2. The Morgan fingerprint density at radius 2 is 1.64 bits per heavy atom. The van der Waals surface area contributed by atoms with Gasteiger partial charge in [-0.1, -0.05) is 19.1 Å². The van der Waals surface area contributed by atoms with Crippen LogP contribution < -0.4 is 14.2 Å². The van der Waals surface area contributed by atoms with Crippen LogP contribution in [-0.4, -0.2) is 32.4 Å². The molecule has 0 radical (unpaired) electrons. The van der Waals surface area contributed by atoms with Gasteiger partial charge in [0.05, 0.1) is 32.6 Å². The molecule has 1 N–H and O–H groups in total. The van der Waals surface area contributed by atoms with Gasteiger partial charge in [-0.15, -0.1) is 5.11 Å². The molecule has 25 heavy (non-hydrogen) atoms. The highest BCUT2D eigenvalue weighted by atomic mass is 16.5. The lowest BCUT2D eigenvalue weighted by Crippen LogP contribution is -2.02. The van der Waals surface area contributed by atoms with Crippen molar-refractivity contribution in [2.45, 2.75) is 13.3 Å². The van der Waals surface area contributed by atoms with Gasteiger partial charge in [0.25, 0.3) is 0 Å². The minimum absolute atomic E-state index is 0.0622. The van der Waals surface area contributed by atoms with E-state index in [0.717, 1.165) is 6.42 Å². The van der Waals surface area contributed by atoms with Crippen molar-refractivity contribution in [2.75, 3.05) is 21.3 Å². The summed E-state index contributed by atoms with van der Waals surface area (Å²) in [6, 6.07) is 8.85. The summed E-state index contributed by atoms with van der Waals surface area (Å²) in [6.45, 7) is 2.06. The molecule has 2 aromatic rings. The second-order valence-electron chi connectivity index (χ2n) is 5.07. The van der Waals surface area contributed by atoms with Crippen LogP contribution in [0.5, 0.6) is 17.2 Å². The lowest BCUT2D eigenvalue weighted by Gasteiger charge is -2.15. The summed E-state index contributed by atoms with van der Waals surface area (Å²) < 4.78 is 15.7. The van der Waals surface area contributed by atoms with Crippen LogP contribution in [0.2, 0.25) is 0 Å². The van der Waals surface area contributed by atoms with Gasteiger partial charge >= 0.3 is 5.97 Å². The Balaban J connectivity index is 2.56. The highest BCUT2D eigenvalue weighted by Crippen LogP contribution is 2.47. The fraction of sp³-hybridized carbons (Fsp3) is 0.278. The van der Waals surface area contributed by atoms with E-state index >= 15 is 0 Å². The maximum absolute atomic E-state index is 11.6. The fourth-order valence-corrected chi connectivity index (χ4v) is 2.31. The topological polar surface area (TPSA) is 89.7 Å². The quantitative estimate of drug-likeness (QED) is 0.752. The van der Waals surface area contributed by atoms with Gasteiger partial charge < -0.3 is 19.3 Å². The molecule has 132 valence electrons.